The second kappa shape index (κ2) is 10.7. The first kappa shape index (κ1) is 31.7. The number of carbonyl (C=O) groups excluding carboxylic acids is 2. The molecule has 0 spiro atoms. The molecule has 2 amide bonds. The average molecular weight is 662 g/mol. The van der Waals surface area contributed by atoms with Crippen molar-refractivity contribution >= 4 is 71.9 Å². The maximum atomic E-state index is 14.6. The van der Waals surface area contributed by atoms with Gasteiger partial charge in [0.05, 0.1) is 5.69 Å². The fraction of sp³-hybridized carbons (Fsp3) is 0.289. The van der Waals surface area contributed by atoms with E-state index in [-0.39, 0.29) is 34.5 Å². The van der Waals surface area contributed by atoms with E-state index < -0.39 is 0 Å². The Bertz CT molecular complexity index is 2410. The van der Waals surface area contributed by atoms with Crippen LogP contribution in [0.2, 0.25) is 0 Å². The third-order valence-electron chi connectivity index (χ3n) is 10.8. The van der Waals surface area contributed by atoms with E-state index in [1.807, 2.05) is 29.5 Å². The molecule has 0 N–H and O–H groups in total. The van der Waals surface area contributed by atoms with E-state index in [2.05, 4.69) is 129 Å². The summed E-state index contributed by atoms with van der Waals surface area (Å²) in [5.74, 6) is -0.192. The van der Waals surface area contributed by atoms with Gasteiger partial charge in [0.1, 0.15) is 0 Å². The second-order valence-corrected chi connectivity index (χ2v) is 17.1. The van der Waals surface area contributed by atoms with Crippen LogP contribution in [-0.2, 0) is 10.8 Å². The Balaban J connectivity index is 1.37. The van der Waals surface area contributed by atoms with Crippen LogP contribution in [0.4, 0.5) is 5.69 Å². The van der Waals surface area contributed by atoms with Crippen LogP contribution >= 0.6 is 11.3 Å². The summed E-state index contributed by atoms with van der Waals surface area (Å²) in [6.07, 6.45) is 0. The lowest BCUT2D eigenvalue weighted by Crippen LogP contribution is -2.41. The van der Waals surface area contributed by atoms with Crippen LogP contribution < -0.4 is 4.90 Å². The van der Waals surface area contributed by atoms with Crippen LogP contribution in [0.3, 0.4) is 0 Å². The molecule has 0 fully saturated rings. The average Bonchev–Trinajstić information content (AvgIpc) is 3.59. The highest BCUT2D eigenvalue weighted by Crippen LogP contribution is 2.49. The Labute approximate surface area is 292 Å². The number of rotatable bonds is 5. The maximum absolute atomic E-state index is 14.6. The molecule has 1 aliphatic heterocycles. The predicted octanol–water partition coefficient (Wildman–Crippen LogP) is 12.5. The van der Waals surface area contributed by atoms with E-state index in [1.165, 1.54) is 31.0 Å². The van der Waals surface area contributed by atoms with Gasteiger partial charge in [0.2, 0.25) is 0 Å². The Hall–Kier alpha value is -4.54. The number of hydrogen-bond donors (Lipinski definition) is 0. The molecule has 0 aliphatic carbocycles. The third-order valence-corrected chi connectivity index (χ3v) is 12.7. The zero-order valence-electron chi connectivity index (χ0n) is 29.9. The maximum Gasteiger partial charge on any atom is 0.266 e. The lowest BCUT2D eigenvalue weighted by atomic mass is 9.77. The van der Waals surface area contributed by atoms with Gasteiger partial charge in [0.15, 0.2) is 0 Å². The molecule has 7 aromatic rings. The topological polar surface area (TPSA) is 37.4 Å². The van der Waals surface area contributed by atoms with Gasteiger partial charge in [-0.25, -0.2) is 4.90 Å². The van der Waals surface area contributed by atoms with Gasteiger partial charge in [-0.15, -0.1) is 11.3 Å². The first-order valence-electron chi connectivity index (χ1n) is 17.5. The Kier molecular flexibility index (Phi) is 6.94. The zero-order valence-corrected chi connectivity index (χ0v) is 30.7. The number of benzene rings is 6. The molecule has 8 rings (SSSR count). The molecule has 0 unspecified atom stereocenters. The molecule has 6 aromatic carbocycles. The van der Waals surface area contributed by atoms with E-state index >= 15 is 0 Å². The summed E-state index contributed by atoms with van der Waals surface area (Å²) in [5.41, 5.74) is 5.15. The first-order chi connectivity index (χ1) is 23.2. The number of anilines is 1. The fourth-order valence-corrected chi connectivity index (χ4v) is 9.40. The number of thiophene rings is 1. The van der Waals surface area contributed by atoms with Crippen LogP contribution in [0.5, 0.6) is 0 Å². The molecule has 0 saturated heterocycles. The number of nitrogens with zero attached hydrogens (tertiary/aromatic N) is 1. The quantitative estimate of drug-likeness (QED) is 0.105. The smallest absolute Gasteiger partial charge is 0.266 e. The molecule has 0 radical (unpaired) electrons. The normalized spacial score (nSPS) is 14.2. The molecular formula is C45H43NO2S. The molecule has 4 heteroatoms. The van der Waals surface area contributed by atoms with Crippen molar-refractivity contribution in [3.63, 3.8) is 0 Å². The highest BCUT2D eigenvalue weighted by molar-refractivity contribution is 7.12. The second-order valence-electron chi connectivity index (χ2n) is 16.0. The lowest BCUT2D eigenvalue weighted by molar-refractivity contribution is 0.0893. The van der Waals surface area contributed by atoms with E-state index in [0.717, 1.165) is 49.1 Å². The SMILES string of the molecule is CC(C)c1cccc(C(C)C)c1N1C(=O)c2ccc3c4cccc5c(C(C)(C)c6ccc(C(C)(C)C)s6)ccc(c6ccc(c2c36)C1=O)c54. The van der Waals surface area contributed by atoms with E-state index in [0.29, 0.717) is 11.1 Å². The van der Waals surface area contributed by atoms with Gasteiger partial charge < -0.3 is 0 Å². The summed E-state index contributed by atoms with van der Waals surface area (Å²) >= 11 is 1.91. The summed E-state index contributed by atoms with van der Waals surface area (Å²) in [6.45, 7) is 20.0. The molecule has 3 nitrogen and oxygen atoms in total. The van der Waals surface area contributed by atoms with Crippen molar-refractivity contribution < 1.29 is 9.59 Å². The summed E-state index contributed by atoms with van der Waals surface area (Å²) in [7, 11) is 0. The van der Waals surface area contributed by atoms with Gasteiger partial charge >= 0.3 is 0 Å². The third kappa shape index (κ3) is 4.46. The predicted molar refractivity (Wildman–Crippen MR) is 209 cm³/mol. The zero-order chi connectivity index (χ0) is 34.7. The molecule has 0 bridgehead atoms. The van der Waals surface area contributed by atoms with Crippen LogP contribution in [0.1, 0.15) is 121 Å². The van der Waals surface area contributed by atoms with Crippen LogP contribution in [-0.4, -0.2) is 11.8 Å². The monoisotopic (exact) mass is 661 g/mol. The Morgan fingerprint density at radius 1 is 0.531 bits per heavy atom. The molecular weight excluding hydrogens is 619 g/mol. The first-order valence-corrected chi connectivity index (χ1v) is 18.3. The number of fused-ring (bicyclic) bond motifs is 2. The van der Waals surface area contributed by atoms with Crippen molar-refractivity contribution in [2.45, 2.75) is 85.0 Å². The van der Waals surface area contributed by atoms with Gasteiger partial charge in [-0.1, -0.05) is 123 Å². The molecule has 0 saturated carbocycles. The highest BCUT2D eigenvalue weighted by atomic mass is 32.1. The fourth-order valence-electron chi connectivity index (χ4n) is 8.22. The summed E-state index contributed by atoms with van der Waals surface area (Å²) in [6, 6.07) is 30.1. The highest BCUT2D eigenvalue weighted by Gasteiger charge is 2.38. The van der Waals surface area contributed by atoms with Crippen molar-refractivity contribution in [1.82, 2.24) is 0 Å². The van der Waals surface area contributed by atoms with Crippen LogP contribution in [0.25, 0.3) is 43.1 Å². The van der Waals surface area contributed by atoms with Crippen molar-refractivity contribution in [3.05, 3.63) is 123 Å². The van der Waals surface area contributed by atoms with Crippen molar-refractivity contribution in [3.8, 4) is 0 Å². The minimum absolute atomic E-state index is 0.107. The number of hydrogen-bond acceptors (Lipinski definition) is 3. The summed E-state index contributed by atoms with van der Waals surface area (Å²) in [5, 5.41) is 8.71. The molecule has 49 heavy (non-hydrogen) atoms. The number of carbonyl (C=O) groups is 2. The standard InChI is InChI=1S/C45H43NO2S/c1-24(2)26-12-10-13-27(25(3)4)41(26)46-42(47)33-18-16-30-28-14-11-15-32-35(45(8,9)37-23-22-36(49-37)44(5,6)7)21-20-29(38(28)32)31-17-19-34(43(46)48)40(33)39(30)31/h10-25H,1-9H3. The molecule has 1 aromatic heterocycles. The van der Waals surface area contributed by atoms with Gasteiger partial charge in [-0.3, -0.25) is 9.59 Å². The summed E-state index contributed by atoms with van der Waals surface area (Å²) in [4.78, 5) is 33.4. The number of amides is 2. The molecule has 1 aliphatic rings. The molecule has 2 heterocycles. The minimum atomic E-state index is -0.247. The van der Waals surface area contributed by atoms with Gasteiger partial charge in [0, 0.05) is 31.7 Å². The van der Waals surface area contributed by atoms with Gasteiger partial charge in [0.25, 0.3) is 11.8 Å². The van der Waals surface area contributed by atoms with E-state index in [4.69, 9.17) is 0 Å². The minimum Gasteiger partial charge on any atom is -0.268 e. The van der Waals surface area contributed by atoms with Gasteiger partial charge in [-0.2, -0.15) is 0 Å². The Morgan fingerprint density at radius 3 is 1.57 bits per heavy atom. The molecule has 0 atom stereocenters. The van der Waals surface area contributed by atoms with Crippen molar-refractivity contribution in [2.24, 2.45) is 0 Å². The van der Waals surface area contributed by atoms with E-state index in [9.17, 15) is 9.59 Å². The molecule has 246 valence electrons. The van der Waals surface area contributed by atoms with Crippen molar-refractivity contribution in [1.29, 1.82) is 0 Å². The number of imide groups is 1. The van der Waals surface area contributed by atoms with E-state index in [1.54, 1.807) is 0 Å². The Morgan fingerprint density at radius 2 is 1.02 bits per heavy atom. The van der Waals surface area contributed by atoms with Gasteiger partial charge in [-0.05, 0) is 95.9 Å². The van der Waals surface area contributed by atoms with Crippen LogP contribution in [0, 0.1) is 0 Å². The largest absolute Gasteiger partial charge is 0.268 e. The summed E-state index contributed by atoms with van der Waals surface area (Å²) < 4.78 is 0. The van der Waals surface area contributed by atoms with Crippen LogP contribution in [0.15, 0.2) is 84.9 Å². The number of para-hydroxylation sites is 1. The van der Waals surface area contributed by atoms with Crippen molar-refractivity contribution in [2.75, 3.05) is 4.90 Å². The lowest BCUT2D eigenvalue weighted by Gasteiger charge is -2.33.